The second kappa shape index (κ2) is 8.70. The number of halogens is 1. The summed E-state index contributed by atoms with van der Waals surface area (Å²) >= 11 is 0. The minimum absolute atomic E-state index is 0. The molecule has 0 unspecified atom stereocenters. The Morgan fingerprint density at radius 3 is 2.52 bits per heavy atom. The van der Waals surface area contributed by atoms with Gasteiger partial charge in [-0.2, -0.15) is 0 Å². The maximum Gasteiger partial charge on any atom is 0.151 e. The van der Waals surface area contributed by atoms with Crippen molar-refractivity contribution in [1.82, 2.24) is 10.1 Å². The van der Waals surface area contributed by atoms with Crippen LogP contribution < -0.4 is 5.73 Å². The Morgan fingerprint density at radius 1 is 1.07 bits per heavy atom. The third-order valence-corrected chi connectivity index (χ3v) is 5.33. The first-order chi connectivity index (χ1) is 12.7. The summed E-state index contributed by atoms with van der Waals surface area (Å²) in [6.07, 6.45) is 0. The van der Waals surface area contributed by atoms with Crippen LogP contribution in [0.15, 0.2) is 65.2 Å². The number of hydrogen-bond acceptors (Lipinski definition) is 4. The average Bonchev–Trinajstić information content (AvgIpc) is 3.30. The second-order valence-electron chi connectivity index (χ2n) is 7.25. The lowest BCUT2D eigenvalue weighted by Crippen LogP contribution is -2.23. The molecule has 1 aliphatic heterocycles. The Bertz CT molecular complexity index is 848. The minimum Gasteiger partial charge on any atom is -0.359 e. The van der Waals surface area contributed by atoms with Crippen LogP contribution in [0.25, 0.3) is 11.3 Å². The van der Waals surface area contributed by atoms with Crippen LogP contribution >= 0.6 is 12.4 Å². The fourth-order valence-electron chi connectivity index (χ4n) is 3.87. The summed E-state index contributed by atoms with van der Waals surface area (Å²) in [6, 6.07) is 21.1. The molecule has 2 aromatic carbocycles. The highest BCUT2D eigenvalue weighted by atomic mass is 35.5. The molecule has 0 saturated carbocycles. The number of aryl methyl sites for hydroxylation is 1. The zero-order chi connectivity index (χ0) is 17.9. The normalized spacial score (nSPS) is 19.8. The summed E-state index contributed by atoms with van der Waals surface area (Å²) in [6.45, 7) is 5.57. The summed E-state index contributed by atoms with van der Waals surface area (Å²) in [5.74, 6) is 1.88. The summed E-state index contributed by atoms with van der Waals surface area (Å²) in [4.78, 5) is 2.43. The molecule has 1 aromatic heterocycles. The number of likely N-dealkylation sites (tertiary alicyclic amines) is 1. The van der Waals surface area contributed by atoms with E-state index in [1.54, 1.807) is 0 Å². The monoisotopic (exact) mass is 383 g/mol. The number of nitrogens with zero attached hydrogens (tertiary/aromatic N) is 2. The van der Waals surface area contributed by atoms with Gasteiger partial charge in [-0.15, -0.1) is 12.4 Å². The molecule has 0 spiro atoms. The van der Waals surface area contributed by atoms with Crippen molar-refractivity contribution in [3.63, 3.8) is 0 Å². The van der Waals surface area contributed by atoms with E-state index in [2.05, 4.69) is 77.6 Å². The number of aromatic nitrogens is 1. The van der Waals surface area contributed by atoms with Crippen LogP contribution in [0.2, 0.25) is 0 Å². The lowest BCUT2D eigenvalue weighted by Gasteiger charge is -2.16. The van der Waals surface area contributed by atoms with Crippen LogP contribution in [0, 0.1) is 12.8 Å². The molecule has 1 saturated heterocycles. The van der Waals surface area contributed by atoms with Crippen LogP contribution in [0.5, 0.6) is 0 Å². The third-order valence-electron chi connectivity index (χ3n) is 5.33. The smallest absolute Gasteiger partial charge is 0.151 e. The number of hydrogen-bond donors (Lipinski definition) is 1. The molecular formula is C22H26ClN3O. The van der Waals surface area contributed by atoms with Gasteiger partial charge in [0.25, 0.3) is 0 Å². The Labute approximate surface area is 166 Å². The molecule has 4 nitrogen and oxygen atoms in total. The van der Waals surface area contributed by atoms with E-state index in [1.165, 1.54) is 11.1 Å². The predicted molar refractivity (Wildman–Crippen MR) is 111 cm³/mol. The van der Waals surface area contributed by atoms with Crippen molar-refractivity contribution in [3.05, 3.63) is 77.6 Å². The Kier molecular flexibility index (Phi) is 6.32. The lowest BCUT2D eigenvalue weighted by molar-refractivity contribution is 0.266. The third kappa shape index (κ3) is 4.41. The first-order valence-corrected chi connectivity index (χ1v) is 9.23. The molecule has 2 heterocycles. The highest BCUT2D eigenvalue weighted by Gasteiger charge is 2.33. The predicted octanol–water partition coefficient (Wildman–Crippen LogP) is 4.25. The van der Waals surface area contributed by atoms with Gasteiger partial charge in [-0.05, 0) is 24.9 Å². The molecule has 0 amide bonds. The summed E-state index contributed by atoms with van der Waals surface area (Å²) < 4.78 is 5.60. The molecule has 1 fully saturated rings. The Morgan fingerprint density at radius 2 is 1.81 bits per heavy atom. The first kappa shape index (κ1) is 19.6. The minimum atomic E-state index is 0. The van der Waals surface area contributed by atoms with Gasteiger partial charge in [0.05, 0.1) is 6.54 Å². The Balaban J connectivity index is 0.00000210. The van der Waals surface area contributed by atoms with Gasteiger partial charge in [-0.3, -0.25) is 4.90 Å². The highest BCUT2D eigenvalue weighted by Crippen LogP contribution is 2.33. The van der Waals surface area contributed by atoms with E-state index in [0.29, 0.717) is 18.4 Å². The summed E-state index contributed by atoms with van der Waals surface area (Å²) in [5.41, 5.74) is 10.7. The van der Waals surface area contributed by atoms with Gasteiger partial charge in [0.1, 0.15) is 5.69 Å². The van der Waals surface area contributed by atoms with Crippen LogP contribution in [-0.4, -0.2) is 29.7 Å². The Hall–Kier alpha value is -2.14. The number of rotatable bonds is 5. The van der Waals surface area contributed by atoms with E-state index < -0.39 is 0 Å². The molecule has 142 valence electrons. The van der Waals surface area contributed by atoms with Crippen LogP contribution in [-0.2, 0) is 6.54 Å². The van der Waals surface area contributed by atoms with Crippen molar-refractivity contribution in [2.24, 2.45) is 11.7 Å². The molecule has 5 heteroatoms. The molecule has 1 aliphatic rings. The van der Waals surface area contributed by atoms with E-state index in [9.17, 15) is 0 Å². The average molecular weight is 384 g/mol. The molecule has 27 heavy (non-hydrogen) atoms. The zero-order valence-corrected chi connectivity index (χ0v) is 16.4. The van der Waals surface area contributed by atoms with Crippen LogP contribution in [0.1, 0.15) is 22.8 Å². The van der Waals surface area contributed by atoms with E-state index in [1.807, 2.05) is 0 Å². The van der Waals surface area contributed by atoms with Crippen molar-refractivity contribution < 1.29 is 4.52 Å². The quantitative estimate of drug-likeness (QED) is 0.715. The molecule has 2 atom stereocenters. The number of nitrogens with two attached hydrogens (primary N) is 1. The van der Waals surface area contributed by atoms with E-state index >= 15 is 0 Å². The zero-order valence-electron chi connectivity index (χ0n) is 15.5. The molecular weight excluding hydrogens is 358 g/mol. The van der Waals surface area contributed by atoms with Gasteiger partial charge in [0.2, 0.25) is 0 Å². The SMILES string of the molecule is Cc1ccc(-c2cc(CN3C[C@@H](CN)[C@H](c4ccccc4)C3)on2)cc1.Cl. The van der Waals surface area contributed by atoms with Crippen LogP contribution in [0.3, 0.4) is 0 Å². The van der Waals surface area contributed by atoms with Crippen molar-refractivity contribution >= 4 is 12.4 Å². The molecule has 2 N–H and O–H groups in total. The van der Waals surface area contributed by atoms with E-state index in [4.69, 9.17) is 10.3 Å². The molecule has 0 aliphatic carbocycles. The van der Waals surface area contributed by atoms with Gasteiger partial charge in [-0.25, -0.2) is 0 Å². The van der Waals surface area contributed by atoms with Gasteiger partial charge in [0.15, 0.2) is 5.76 Å². The summed E-state index contributed by atoms with van der Waals surface area (Å²) in [5, 5.41) is 4.25. The van der Waals surface area contributed by atoms with Crippen LogP contribution in [0.4, 0.5) is 0 Å². The second-order valence-corrected chi connectivity index (χ2v) is 7.25. The van der Waals surface area contributed by atoms with Gasteiger partial charge in [-0.1, -0.05) is 65.3 Å². The first-order valence-electron chi connectivity index (χ1n) is 9.23. The largest absolute Gasteiger partial charge is 0.359 e. The maximum absolute atomic E-state index is 6.05. The van der Waals surface area contributed by atoms with Gasteiger partial charge in [0, 0.05) is 30.6 Å². The number of benzene rings is 2. The molecule has 4 rings (SSSR count). The van der Waals surface area contributed by atoms with E-state index in [0.717, 1.165) is 36.7 Å². The fourth-order valence-corrected chi connectivity index (χ4v) is 3.87. The molecule has 3 aromatic rings. The van der Waals surface area contributed by atoms with Crippen molar-refractivity contribution in [2.45, 2.75) is 19.4 Å². The van der Waals surface area contributed by atoms with Crippen molar-refractivity contribution in [2.75, 3.05) is 19.6 Å². The van der Waals surface area contributed by atoms with Gasteiger partial charge >= 0.3 is 0 Å². The topological polar surface area (TPSA) is 55.3 Å². The standard InChI is InChI=1S/C22H25N3O.ClH/c1-16-7-9-18(10-8-16)22-11-20(26-24-22)14-25-13-19(12-23)21(15-25)17-5-3-2-4-6-17;/h2-11,19,21H,12-15,23H2,1H3;1H/t19-,21+;/m1./s1. The van der Waals surface area contributed by atoms with Gasteiger partial charge < -0.3 is 10.3 Å². The van der Waals surface area contributed by atoms with E-state index in [-0.39, 0.29) is 12.4 Å². The molecule has 0 bridgehead atoms. The van der Waals surface area contributed by atoms with Crippen molar-refractivity contribution in [1.29, 1.82) is 0 Å². The maximum atomic E-state index is 6.05. The fraction of sp³-hybridized carbons (Fsp3) is 0.318. The lowest BCUT2D eigenvalue weighted by atomic mass is 9.89. The molecule has 0 radical (unpaired) electrons. The highest BCUT2D eigenvalue weighted by molar-refractivity contribution is 5.85. The summed E-state index contributed by atoms with van der Waals surface area (Å²) in [7, 11) is 0. The van der Waals surface area contributed by atoms with Crippen molar-refractivity contribution in [3.8, 4) is 11.3 Å².